The molecule has 0 fully saturated rings. The van der Waals surface area contributed by atoms with Gasteiger partial charge in [-0.1, -0.05) is 25.3 Å². The molecule has 0 saturated heterocycles. The third-order valence-electron chi connectivity index (χ3n) is 6.54. The van der Waals surface area contributed by atoms with Crippen LogP contribution in [0.15, 0.2) is 53.9 Å². The lowest BCUT2D eigenvalue weighted by Crippen LogP contribution is -2.46. The minimum absolute atomic E-state index is 0.164. The van der Waals surface area contributed by atoms with Crippen molar-refractivity contribution < 1.29 is 18.8 Å². The fourth-order valence-electron chi connectivity index (χ4n) is 4.46. The first-order chi connectivity index (χ1) is 18.8. The van der Waals surface area contributed by atoms with Crippen molar-refractivity contribution >= 4 is 34.4 Å². The van der Waals surface area contributed by atoms with Crippen molar-refractivity contribution in [2.24, 2.45) is 0 Å². The summed E-state index contributed by atoms with van der Waals surface area (Å²) in [7, 11) is 0. The quantitative estimate of drug-likeness (QED) is 0.311. The van der Waals surface area contributed by atoms with Crippen LogP contribution >= 0.6 is 0 Å². The zero-order chi connectivity index (χ0) is 27.9. The first kappa shape index (κ1) is 27.4. The number of unbranched alkanes of at least 4 members (excludes halogenated alkanes) is 1. The molecule has 3 aromatic rings. The van der Waals surface area contributed by atoms with Gasteiger partial charge in [0.05, 0.1) is 36.3 Å². The van der Waals surface area contributed by atoms with Gasteiger partial charge >= 0.3 is 6.03 Å². The highest BCUT2D eigenvalue weighted by molar-refractivity contribution is 6.07. The van der Waals surface area contributed by atoms with Gasteiger partial charge in [-0.05, 0) is 61.7 Å². The molecule has 0 radical (unpaired) electrons. The first-order valence-corrected chi connectivity index (χ1v) is 12.8. The second-order valence-electron chi connectivity index (χ2n) is 9.32. The van der Waals surface area contributed by atoms with Crippen LogP contribution in [-0.2, 0) is 16.0 Å². The van der Waals surface area contributed by atoms with Gasteiger partial charge in [-0.15, -0.1) is 5.92 Å². The van der Waals surface area contributed by atoms with E-state index in [1.54, 1.807) is 43.1 Å². The van der Waals surface area contributed by atoms with Gasteiger partial charge in [0, 0.05) is 23.3 Å². The van der Waals surface area contributed by atoms with Crippen LogP contribution in [0.3, 0.4) is 0 Å². The molecule has 4 amide bonds. The number of carbonyl (C=O) groups is 3. The predicted molar refractivity (Wildman–Crippen MR) is 147 cm³/mol. The summed E-state index contributed by atoms with van der Waals surface area (Å²) in [6.07, 6.45) is 3.22. The summed E-state index contributed by atoms with van der Waals surface area (Å²) in [6.45, 7) is 6.18. The number of urea groups is 1. The summed E-state index contributed by atoms with van der Waals surface area (Å²) >= 11 is 0. The number of amides is 4. The standard InChI is InChI=1S/C29H31FN6O3/c1-4-6-12-36(13-7-5-2)25(37)16-20-14-19(8-10-23(20)30)27-26(18(3)32-29(39)34-27)28(38)33-22-9-11-24-21(15-22)17-31-35-24/h8-11,14-15,17,27H,4,6,12-13,16H2,1-3H3,(H,31,35)(H,33,38)(H2,32,34,39). The lowest BCUT2D eigenvalue weighted by atomic mass is 9.92. The molecule has 4 N–H and O–H groups in total. The number of anilines is 1. The number of rotatable bonds is 9. The average molecular weight is 531 g/mol. The molecule has 1 aliphatic heterocycles. The van der Waals surface area contributed by atoms with E-state index in [0.717, 1.165) is 23.7 Å². The number of allylic oxidation sites excluding steroid dienone is 1. The normalized spacial score (nSPS) is 14.8. The van der Waals surface area contributed by atoms with Gasteiger partial charge in [-0.3, -0.25) is 14.7 Å². The summed E-state index contributed by atoms with van der Waals surface area (Å²) in [5.74, 6) is 4.49. The summed E-state index contributed by atoms with van der Waals surface area (Å²) in [5, 5.41) is 16.0. The Hall–Kier alpha value is -4.65. The fourth-order valence-corrected chi connectivity index (χ4v) is 4.46. The van der Waals surface area contributed by atoms with Crippen LogP contribution in [0.4, 0.5) is 14.9 Å². The highest BCUT2D eigenvalue weighted by Crippen LogP contribution is 2.30. The summed E-state index contributed by atoms with van der Waals surface area (Å²) in [4.78, 5) is 40.5. The molecule has 9 nitrogen and oxygen atoms in total. The molecule has 0 bridgehead atoms. The van der Waals surface area contributed by atoms with Crippen LogP contribution in [0.25, 0.3) is 10.9 Å². The highest BCUT2D eigenvalue weighted by atomic mass is 19.1. The van der Waals surface area contributed by atoms with Gasteiger partial charge in [0.25, 0.3) is 5.91 Å². The molecule has 2 aromatic carbocycles. The minimum Gasteiger partial charge on any atom is -0.331 e. The molecule has 2 heterocycles. The third-order valence-corrected chi connectivity index (χ3v) is 6.54. The van der Waals surface area contributed by atoms with Gasteiger partial charge in [0.15, 0.2) is 0 Å². The smallest absolute Gasteiger partial charge is 0.319 e. The number of carbonyl (C=O) groups excluding carboxylic acids is 3. The van der Waals surface area contributed by atoms with Crippen LogP contribution in [0.5, 0.6) is 0 Å². The van der Waals surface area contributed by atoms with E-state index in [-0.39, 0.29) is 30.0 Å². The van der Waals surface area contributed by atoms with E-state index >= 15 is 0 Å². The Morgan fingerprint density at radius 1 is 1.21 bits per heavy atom. The average Bonchev–Trinajstić information content (AvgIpc) is 3.37. The number of aromatic amines is 1. The maximum absolute atomic E-state index is 14.9. The Kier molecular flexibility index (Phi) is 8.61. The summed E-state index contributed by atoms with van der Waals surface area (Å²) in [6, 6.07) is 8.29. The topological polar surface area (TPSA) is 119 Å². The number of fused-ring (bicyclic) bond motifs is 1. The largest absolute Gasteiger partial charge is 0.331 e. The molecule has 10 heteroatoms. The van der Waals surface area contributed by atoms with Crippen LogP contribution in [0, 0.1) is 17.7 Å². The van der Waals surface area contributed by atoms with Crippen molar-refractivity contribution in [3.05, 3.63) is 70.8 Å². The monoisotopic (exact) mass is 530 g/mol. The number of aromatic nitrogens is 2. The molecule has 0 spiro atoms. The van der Waals surface area contributed by atoms with Crippen molar-refractivity contribution in [3.63, 3.8) is 0 Å². The van der Waals surface area contributed by atoms with Crippen molar-refractivity contribution in [2.45, 2.75) is 46.1 Å². The lowest BCUT2D eigenvalue weighted by molar-refractivity contribution is -0.130. The second-order valence-corrected chi connectivity index (χ2v) is 9.32. The number of halogens is 1. The van der Waals surface area contributed by atoms with Gasteiger partial charge in [-0.2, -0.15) is 5.10 Å². The van der Waals surface area contributed by atoms with E-state index in [0.29, 0.717) is 23.5 Å². The van der Waals surface area contributed by atoms with Crippen LogP contribution in [-0.4, -0.2) is 46.0 Å². The molecule has 4 rings (SSSR count). The Balaban J connectivity index is 1.60. The van der Waals surface area contributed by atoms with E-state index in [4.69, 9.17) is 0 Å². The van der Waals surface area contributed by atoms with Crippen molar-refractivity contribution in [3.8, 4) is 11.8 Å². The molecule has 1 atom stereocenters. The molecule has 1 aliphatic rings. The zero-order valence-electron chi connectivity index (χ0n) is 22.2. The number of hydrogen-bond acceptors (Lipinski definition) is 4. The lowest BCUT2D eigenvalue weighted by Gasteiger charge is -2.29. The van der Waals surface area contributed by atoms with Crippen molar-refractivity contribution in [1.82, 2.24) is 25.7 Å². The van der Waals surface area contributed by atoms with Gasteiger partial charge in [0.2, 0.25) is 5.91 Å². The van der Waals surface area contributed by atoms with Crippen molar-refractivity contribution in [2.75, 3.05) is 18.4 Å². The zero-order valence-corrected chi connectivity index (χ0v) is 22.2. The summed E-state index contributed by atoms with van der Waals surface area (Å²) < 4.78 is 14.9. The van der Waals surface area contributed by atoms with E-state index in [2.05, 4.69) is 38.0 Å². The van der Waals surface area contributed by atoms with Crippen molar-refractivity contribution in [1.29, 1.82) is 0 Å². The molecule has 0 saturated carbocycles. The maximum atomic E-state index is 14.9. The van der Waals surface area contributed by atoms with E-state index < -0.39 is 23.8 Å². The fraction of sp³-hybridized carbons (Fsp3) is 0.310. The molecule has 0 aliphatic carbocycles. The van der Waals surface area contributed by atoms with E-state index in [9.17, 15) is 18.8 Å². The molecular formula is C29H31FN6O3. The van der Waals surface area contributed by atoms with Gasteiger partial charge in [0.1, 0.15) is 5.82 Å². The Morgan fingerprint density at radius 3 is 2.79 bits per heavy atom. The SMILES string of the molecule is CC#CCN(CCCC)C(=O)Cc1cc(C2NC(=O)NC(C)=C2C(=O)Nc2ccc3[nH]ncc3c2)ccc1F. The molecular weight excluding hydrogens is 499 g/mol. The van der Waals surface area contributed by atoms with Crippen LogP contribution in [0.2, 0.25) is 0 Å². The van der Waals surface area contributed by atoms with E-state index in [1.165, 1.54) is 18.2 Å². The maximum Gasteiger partial charge on any atom is 0.319 e. The number of nitrogens with one attached hydrogen (secondary N) is 4. The third kappa shape index (κ3) is 6.44. The Labute approximate surface area is 226 Å². The van der Waals surface area contributed by atoms with Crippen LogP contribution < -0.4 is 16.0 Å². The number of benzene rings is 2. The second kappa shape index (κ2) is 12.3. The number of H-pyrrole nitrogens is 1. The molecule has 1 aromatic heterocycles. The van der Waals surface area contributed by atoms with E-state index in [1.807, 2.05) is 6.92 Å². The first-order valence-electron chi connectivity index (χ1n) is 12.8. The summed E-state index contributed by atoms with van der Waals surface area (Å²) in [5.41, 5.74) is 2.69. The molecule has 39 heavy (non-hydrogen) atoms. The predicted octanol–water partition coefficient (Wildman–Crippen LogP) is 4.16. The molecule has 1 unspecified atom stereocenters. The van der Waals surface area contributed by atoms with Crippen LogP contribution in [0.1, 0.15) is 50.8 Å². The molecule has 202 valence electrons. The van der Waals surface area contributed by atoms with Gasteiger partial charge < -0.3 is 20.9 Å². The number of hydrogen-bond donors (Lipinski definition) is 4. The highest BCUT2D eigenvalue weighted by Gasteiger charge is 2.32. The Bertz CT molecular complexity index is 1500. The minimum atomic E-state index is -0.854. The number of nitrogens with zero attached hydrogens (tertiary/aromatic N) is 2. The van der Waals surface area contributed by atoms with Gasteiger partial charge in [-0.25, -0.2) is 9.18 Å². The Morgan fingerprint density at radius 2 is 2.03 bits per heavy atom.